The Balaban J connectivity index is 2.63. The molecule has 0 saturated heterocycles. The van der Waals surface area contributed by atoms with Crippen LogP contribution in [0.4, 0.5) is 18.9 Å². The minimum atomic E-state index is -3.75. The lowest BCUT2D eigenvalue weighted by molar-refractivity contribution is -0.0552. The maximum absolute atomic E-state index is 14.4. The van der Waals surface area contributed by atoms with E-state index in [4.69, 9.17) is 16.9 Å². The molecule has 1 aromatic heterocycles. The molecule has 0 aliphatic rings. The van der Waals surface area contributed by atoms with E-state index < -0.39 is 28.3 Å². The average Bonchev–Trinajstić information content (AvgIpc) is 2.83. The van der Waals surface area contributed by atoms with Gasteiger partial charge in [-0.1, -0.05) is 11.6 Å². The van der Waals surface area contributed by atoms with Crippen LogP contribution >= 0.6 is 11.6 Å². The third kappa shape index (κ3) is 4.03. The minimum Gasteiger partial charge on any atom is -0.416 e. The Morgan fingerprint density at radius 1 is 1.46 bits per heavy atom. The largest absolute Gasteiger partial charge is 0.416 e. The smallest absolute Gasteiger partial charge is 0.388 e. The zero-order chi connectivity index (χ0) is 19.6. The SMILES string of the molecule is CCS(=O)(=O)Nc1cc(-c2nn(C)c(OC(F)F)c2Cl)c(F)cc1C#N. The van der Waals surface area contributed by atoms with E-state index in [1.54, 1.807) is 6.07 Å². The highest BCUT2D eigenvalue weighted by Crippen LogP contribution is 2.38. The van der Waals surface area contributed by atoms with Crippen LogP contribution < -0.4 is 9.46 Å². The molecular weight excluding hydrogens is 397 g/mol. The molecule has 1 N–H and O–H groups in total. The number of rotatable bonds is 6. The maximum Gasteiger partial charge on any atom is 0.388 e. The van der Waals surface area contributed by atoms with Gasteiger partial charge in [0.1, 0.15) is 22.6 Å². The number of nitrogens with one attached hydrogen (secondary N) is 1. The Kier molecular flexibility index (Phi) is 5.68. The van der Waals surface area contributed by atoms with Crippen LogP contribution in [0.25, 0.3) is 11.3 Å². The number of halogens is 4. The predicted molar refractivity (Wildman–Crippen MR) is 88.0 cm³/mol. The second-order valence-corrected chi connectivity index (χ2v) is 7.35. The summed E-state index contributed by atoms with van der Waals surface area (Å²) in [5.74, 6) is -1.71. The van der Waals surface area contributed by atoms with Crippen molar-refractivity contribution in [3.8, 4) is 23.2 Å². The van der Waals surface area contributed by atoms with Crippen molar-refractivity contribution in [2.45, 2.75) is 13.5 Å². The van der Waals surface area contributed by atoms with Crippen molar-refractivity contribution in [3.63, 3.8) is 0 Å². The van der Waals surface area contributed by atoms with Crippen LogP contribution in [0.1, 0.15) is 12.5 Å². The van der Waals surface area contributed by atoms with Crippen molar-refractivity contribution in [2.75, 3.05) is 10.5 Å². The summed E-state index contributed by atoms with van der Waals surface area (Å²) in [7, 11) is -2.49. The molecular formula is C14H12ClF3N4O3S. The predicted octanol–water partition coefficient (Wildman–Crippen LogP) is 3.11. The summed E-state index contributed by atoms with van der Waals surface area (Å²) in [6, 6.07) is 3.48. The first-order valence-corrected chi connectivity index (χ1v) is 9.04. The molecule has 0 spiro atoms. The standard InChI is InChI=1S/C14H12ClF3N4O3S/c1-3-26(23,24)21-10-5-8(9(16)4-7(10)6-19)12-11(15)13(22(2)20-12)25-14(17)18/h4-5,14,21H,3H2,1-2H3. The Hall–Kier alpha value is -2.45. The Morgan fingerprint density at radius 3 is 2.65 bits per heavy atom. The van der Waals surface area contributed by atoms with Gasteiger partial charge in [0.05, 0.1) is 17.0 Å². The van der Waals surface area contributed by atoms with Gasteiger partial charge in [-0.05, 0) is 19.1 Å². The van der Waals surface area contributed by atoms with Gasteiger partial charge >= 0.3 is 6.61 Å². The van der Waals surface area contributed by atoms with E-state index in [1.165, 1.54) is 14.0 Å². The van der Waals surface area contributed by atoms with E-state index in [9.17, 15) is 21.6 Å². The number of anilines is 1. The van der Waals surface area contributed by atoms with Gasteiger partial charge in [-0.3, -0.25) is 4.72 Å². The maximum atomic E-state index is 14.4. The Labute approximate surface area is 152 Å². The minimum absolute atomic E-state index is 0.191. The molecule has 0 aliphatic carbocycles. The number of nitrogens with zero attached hydrogens (tertiary/aromatic N) is 3. The second kappa shape index (κ2) is 7.43. The van der Waals surface area contributed by atoms with Gasteiger partial charge in [-0.15, -0.1) is 0 Å². The van der Waals surface area contributed by atoms with Crippen LogP contribution in [0.3, 0.4) is 0 Å². The van der Waals surface area contributed by atoms with Crippen molar-refractivity contribution in [2.24, 2.45) is 7.05 Å². The van der Waals surface area contributed by atoms with Gasteiger partial charge in [0.2, 0.25) is 15.9 Å². The number of aryl methyl sites for hydroxylation is 1. The summed E-state index contributed by atoms with van der Waals surface area (Å²) in [6.07, 6.45) is 0. The molecule has 0 fully saturated rings. The molecule has 0 atom stereocenters. The topological polar surface area (TPSA) is 97.0 Å². The molecule has 2 rings (SSSR count). The van der Waals surface area contributed by atoms with E-state index in [0.29, 0.717) is 0 Å². The number of benzene rings is 1. The molecule has 140 valence electrons. The van der Waals surface area contributed by atoms with Gasteiger partial charge in [-0.25, -0.2) is 17.5 Å². The number of hydrogen-bond donors (Lipinski definition) is 1. The summed E-state index contributed by atoms with van der Waals surface area (Å²) in [5, 5.41) is 12.5. The van der Waals surface area contributed by atoms with Crippen molar-refractivity contribution >= 4 is 27.3 Å². The van der Waals surface area contributed by atoms with Crippen molar-refractivity contribution < 1.29 is 26.3 Å². The molecule has 0 amide bonds. The number of aromatic nitrogens is 2. The number of sulfonamides is 1. The van der Waals surface area contributed by atoms with Crippen molar-refractivity contribution in [1.29, 1.82) is 5.26 Å². The zero-order valence-electron chi connectivity index (χ0n) is 13.4. The van der Waals surface area contributed by atoms with Crippen LogP contribution in [0.2, 0.25) is 5.02 Å². The van der Waals surface area contributed by atoms with Crippen molar-refractivity contribution in [3.05, 3.63) is 28.5 Å². The number of hydrogen-bond acceptors (Lipinski definition) is 5. The summed E-state index contributed by atoms with van der Waals surface area (Å²) in [5.41, 5.74) is -0.991. The van der Waals surface area contributed by atoms with Gasteiger partial charge in [0.15, 0.2) is 0 Å². The molecule has 0 radical (unpaired) electrons. The second-order valence-electron chi connectivity index (χ2n) is 4.96. The summed E-state index contributed by atoms with van der Waals surface area (Å²) in [6.45, 7) is -1.80. The van der Waals surface area contributed by atoms with E-state index in [-0.39, 0.29) is 33.3 Å². The highest BCUT2D eigenvalue weighted by Gasteiger charge is 2.24. The van der Waals surface area contributed by atoms with Crippen LogP contribution in [0, 0.1) is 17.1 Å². The first-order chi connectivity index (χ1) is 12.1. The van der Waals surface area contributed by atoms with E-state index >= 15 is 0 Å². The summed E-state index contributed by atoms with van der Waals surface area (Å²) in [4.78, 5) is 0. The molecule has 0 saturated carbocycles. The number of alkyl halides is 2. The average molecular weight is 409 g/mol. The normalized spacial score (nSPS) is 11.5. The molecule has 0 aliphatic heterocycles. The molecule has 0 unspecified atom stereocenters. The lowest BCUT2D eigenvalue weighted by Crippen LogP contribution is -2.15. The molecule has 7 nitrogen and oxygen atoms in total. The monoisotopic (exact) mass is 408 g/mol. The van der Waals surface area contributed by atoms with Crippen LogP contribution in [0.5, 0.6) is 5.88 Å². The van der Waals surface area contributed by atoms with E-state index in [2.05, 4.69) is 14.6 Å². The lowest BCUT2D eigenvalue weighted by atomic mass is 10.1. The molecule has 2 aromatic rings. The third-order valence-corrected chi connectivity index (χ3v) is 4.90. The van der Waals surface area contributed by atoms with E-state index in [0.717, 1.165) is 16.8 Å². The van der Waals surface area contributed by atoms with Crippen LogP contribution in [-0.4, -0.2) is 30.6 Å². The molecule has 0 bridgehead atoms. The molecule has 1 aromatic carbocycles. The van der Waals surface area contributed by atoms with Gasteiger partial charge < -0.3 is 4.74 Å². The fourth-order valence-electron chi connectivity index (χ4n) is 2.04. The highest BCUT2D eigenvalue weighted by molar-refractivity contribution is 7.92. The van der Waals surface area contributed by atoms with Crippen LogP contribution in [0.15, 0.2) is 12.1 Å². The Morgan fingerprint density at radius 2 is 2.12 bits per heavy atom. The zero-order valence-corrected chi connectivity index (χ0v) is 15.0. The lowest BCUT2D eigenvalue weighted by Gasteiger charge is -2.10. The molecule has 26 heavy (non-hydrogen) atoms. The number of ether oxygens (including phenoxy) is 1. The van der Waals surface area contributed by atoms with Gasteiger partial charge in [0, 0.05) is 12.6 Å². The third-order valence-electron chi connectivity index (χ3n) is 3.27. The summed E-state index contributed by atoms with van der Waals surface area (Å²) >= 11 is 5.95. The quantitative estimate of drug-likeness (QED) is 0.792. The van der Waals surface area contributed by atoms with Crippen LogP contribution in [-0.2, 0) is 17.1 Å². The summed E-state index contributed by atoms with van der Waals surface area (Å²) < 4.78 is 70.1. The first-order valence-electron chi connectivity index (χ1n) is 7.01. The van der Waals surface area contributed by atoms with Gasteiger partial charge in [0.25, 0.3) is 0 Å². The van der Waals surface area contributed by atoms with Crippen molar-refractivity contribution in [1.82, 2.24) is 9.78 Å². The fraction of sp³-hybridized carbons (Fsp3) is 0.286. The first kappa shape index (κ1) is 19.9. The Bertz CT molecular complexity index is 986. The molecule has 1 heterocycles. The highest BCUT2D eigenvalue weighted by atomic mass is 35.5. The van der Waals surface area contributed by atoms with Gasteiger partial charge in [-0.2, -0.15) is 19.1 Å². The fourth-order valence-corrected chi connectivity index (χ4v) is 2.99. The van der Waals surface area contributed by atoms with E-state index in [1.807, 2.05) is 0 Å². The number of nitriles is 1. The molecule has 12 heteroatoms.